The lowest BCUT2D eigenvalue weighted by molar-refractivity contribution is 0.140. The SMILES string of the molecule is CN(Cc1ccc2ccccc2c1)C(C)(C)CCN. The Morgan fingerprint density at radius 3 is 2.42 bits per heavy atom. The summed E-state index contributed by atoms with van der Waals surface area (Å²) in [5.74, 6) is 0. The molecule has 2 aromatic carbocycles. The van der Waals surface area contributed by atoms with E-state index in [0.29, 0.717) is 0 Å². The molecule has 0 aliphatic carbocycles. The van der Waals surface area contributed by atoms with Crippen molar-refractivity contribution >= 4 is 10.8 Å². The van der Waals surface area contributed by atoms with Gasteiger partial charge in [-0.3, -0.25) is 4.90 Å². The molecule has 2 N–H and O–H groups in total. The number of rotatable bonds is 5. The molecule has 0 atom stereocenters. The summed E-state index contributed by atoms with van der Waals surface area (Å²) in [6.07, 6.45) is 1.01. The van der Waals surface area contributed by atoms with Gasteiger partial charge in [-0.05, 0) is 56.3 Å². The van der Waals surface area contributed by atoms with Gasteiger partial charge in [0.15, 0.2) is 0 Å². The van der Waals surface area contributed by atoms with E-state index in [9.17, 15) is 0 Å². The van der Waals surface area contributed by atoms with Gasteiger partial charge in [0.2, 0.25) is 0 Å². The minimum atomic E-state index is 0.139. The quantitative estimate of drug-likeness (QED) is 0.888. The average Bonchev–Trinajstić information content (AvgIpc) is 2.38. The molecule has 102 valence electrons. The Morgan fingerprint density at radius 1 is 1.05 bits per heavy atom. The zero-order valence-corrected chi connectivity index (χ0v) is 12.2. The molecule has 0 saturated carbocycles. The highest BCUT2D eigenvalue weighted by Gasteiger charge is 2.22. The predicted octanol–water partition coefficient (Wildman–Crippen LogP) is 3.40. The van der Waals surface area contributed by atoms with Gasteiger partial charge in [0, 0.05) is 12.1 Å². The first kappa shape index (κ1) is 14.0. The molecule has 0 radical (unpaired) electrons. The Balaban J connectivity index is 2.17. The number of nitrogens with two attached hydrogens (primary N) is 1. The van der Waals surface area contributed by atoms with Crippen LogP contribution in [0.25, 0.3) is 10.8 Å². The summed E-state index contributed by atoms with van der Waals surface area (Å²) in [5, 5.41) is 2.61. The van der Waals surface area contributed by atoms with Gasteiger partial charge >= 0.3 is 0 Å². The molecule has 2 aromatic rings. The summed E-state index contributed by atoms with van der Waals surface area (Å²) >= 11 is 0. The van der Waals surface area contributed by atoms with Gasteiger partial charge in [-0.1, -0.05) is 36.4 Å². The van der Waals surface area contributed by atoms with E-state index < -0.39 is 0 Å². The highest BCUT2D eigenvalue weighted by molar-refractivity contribution is 5.82. The Kier molecular flexibility index (Phi) is 4.23. The van der Waals surface area contributed by atoms with Gasteiger partial charge in [0.25, 0.3) is 0 Å². The molecular formula is C17H24N2. The van der Waals surface area contributed by atoms with Crippen LogP contribution in [0.15, 0.2) is 42.5 Å². The topological polar surface area (TPSA) is 29.3 Å². The van der Waals surface area contributed by atoms with Crippen molar-refractivity contribution in [3.8, 4) is 0 Å². The van der Waals surface area contributed by atoms with Crippen LogP contribution in [0.4, 0.5) is 0 Å². The molecule has 0 aliphatic rings. The smallest absolute Gasteiger partial charge is 0.0236 e. The first-order valence-electron chi connectivity index (χ1n) is 6.92. The van der Waals surface area contributed by atoms with Gasteiger partial charge in [0.05, 0.1) is 0 Å². The monoisotopic (exact) mass is 256 g/mol. The van der Waals surface area contributed by atoms with E-state index in [1.807, 2.05) is 0 Å². The van der Waals surface area contributed by atoms with Crippen LogP contribution in [0.2, 0.25) is 0 Å². The summed E-state index contributed by atoms with van der Waals surface area (Å²) in [7, 11) is 2.17. The number of benzene rings is 2. The van der Waals surface area contributed by atoms with Crippen molar-refractivity contribution in [3.63, 3.8) is 0 Å². The fraction of sp³-hybridized carbons (Fsp3) is 0.412. The van der Waals surface area contributed by atoms with E-state index in [2.05, 4.69) is 68.3 Å². The van der Waals surface area contributed by atoms with Gasteiger partial charge < -0.3 is 5.73 Å². The van der Waals surface area contributed by atoms with Gasteiger partial charge in [-0.25, -0.2) is 0 Å². The molecule has 0 aromatic heterocycles. The minimum Gasteiger partial charge on any atom is -0.330 e. The van der Waals surface area contributed by atoms with E-state index in [4.69, 9.17) is 5.73 Å². The van der Waals surface area contributed by atoms with Crippen molar-refractivity contribution in [1.29, 1.82) is 0 Å². The zero-order chi connectivity index (χ0) is 13.9. The van der Waals surface area contributed by atoms with Crippen LogP contribution in [-0.4, -0.2) is 24.0 Å². The molecule has 0 bridgehead atoms. The molecule has 0 unspecified atom stereocenters. The van der Waals surface area contributed by atoms with Gasteiger partial charge in [0.1, 0.15) is 0 Å². The van der Waals surface area contributed by atoms with Crippen LogP contribution >= 0.6 is 0 Å². The van der Waals surface area contributed by atoms with E-state index in [1.165, 1.54) is 16.3 Å². The third kappa shape index (κ3) is 3.34. The summed E-state index contributed by atoms with van der Waals surface area (Å²) in [6.45, 7) is 6.19. The van der Waals surface area contributed by atoms with Crippen molar-refractivity contribution < 1.29 is 0 Å². The Bertz CT molecular complexity index is 546. The second-order valence-electron chi connectivity index (χ2n) is 5.89. The number of hydrogen-bond donors (Lipinski definition) is 1. The Labute approximate surface area is 116 Å². The normalized spacial score (nSPS) is 12.3. The second-order valence-corrected chi connectivity index (χ2v) is 5.89. The molecule has 19 heavy (non-hydrogen) atoms. The summed E-state index contributed by atoms with van der Waals surface area (Å²) in [5.41, 5.74) is 7.19. The summed E-state index contributed by atoms with van der Waals surface area (Å²) in [6, 6.07) is 15.2. The average molecular weight is 256 g/mol. The first-order valence-corrected chi connectivity index (χ1v) is 6.92. The summed E-state index contributed by atoms with van der Waals surface area (Å²) in [4.78, 5) is 2.38. The fourth-order valence-electron chi connectivity index (χ4n) is 2.37. The lowest BCUT2D eigenvalue weighted by Gasteiger charge is -2.35. The maximum absolute atomic E-state index is 5.69. The summed E-state index contributed by atoms with van der Waals surface area (Å²) < 4.78 is 0. The van der Waals surface area contributed by atoms with E-state index in [1.54, 1.807) is 0 Å². The van der Waals surface area contributed by atoms with Crippen LogP contribution in [0.3, 0.4) is 0 Å². The van der Waals surface area contributed by atoms with Gasteiger partial charge in [-0.2, -0.15) is 0 Å². The Morgan fingerprint density at radius 2 is 1.74 bits per heavy atom. The molecule has 2 rings (SSSR count). The molecule has 0 spiro atoms. The van der Waals surface area contributed by atoms with Crippen molar-refractivity contribution in [2.75, 3.05) is 13.6 Å². The first-order chi connectivity index (χ1) is 9.03. The maximum atomic E-state index is 5.69. The number of nitrogens with zero attached hydrogens (tertiary/aromatic N) is 1. The minimum absolute atomic E-state index is 0.139. The standard InChI is InChI=1S/C17H24N2/c1-17(2,10-11-18)19(3)13-14-8-9-15-6-4-5-7-16(15)12-14/h4-9,12H,10-11,13,18H2,1-3H3. The lowest BCUT2D eigenvalue weighted by Crippen LogP contribution is -2.42. The molecule has 0 saturated heterocycles. The molecule has 2 nitrogen and oxygen atoms in total. The van der Waals surface area contributed by atoms with Crippen LogP contribution in [0, 0.1) is 0 Å². The highest BCUT2D eigenvalue weighted by Crippen LogP contribution is 2.21. The van der Waals surface area contributed by atoms with Crippen LogP contribution < -0.4 is 5.73 Å². The third-order valence-corrected chi connectivity index (χ3v) is 4.02. The number of fused-ring (bicyclic) bond motifs is 1. The molecule has 2 heteroatoms. The van der Waals surface area contributed by atoms with Crippen LogP contribution in [0.1, 0.15) is 25.8 Å². The van der Waals surface area contributed by atoms with E-state index in [0.717, 1.165) is 19.5 Å². The van der Waals surface area contributed by atoms with Crippen molar-refractivity contribution in [2.45, 2.75) is 32.4 Å². The second kappa shape index (κ2) is 5.72. The lowest BCUT2D eigenvalue weighted by atomic mass is 9.97. The number of hydrogen-bond acceptors (Lipinski definition) is 2. The molecule has 0 fully saturated rings. The largest absolute Gasteiger partial charge is 0.330 e. The predicted molar refractivity (Wildman–Crippen MR) is 83.2 cm³/mol. The van der Waals surface area contributed by atoms with Crippen LogP contribution in [-0.2, 0) is 6.54 Å². The third-order valence-electron chi connectivity index (χ3n) is 4.02. The molecule has 0 aliphatic heterocycles. The maximum Gasteiger partial charge on any atom is 0.0236 e. The van der Waals surface area contributed by atoms with Gasteiger partial charge in [-0.15, -0.1) is 0 Å². The zero-order valence-electron chi connectivity index (χ0n) is 12.2. The van der Waals surface area contributed by atoms with E-state index in [-0.39, 0.29) is 5.54 Å². The van der Waals surface area contributed by atoms with Crippen molar-refractivity contribution in [1.82, 2.24) is 4.90 Å². The molecule has 0 amide bonds. The molecular weight excluding hydrogens is 232 g/mol. The highest BCUT2D eigenvalue weighted by atomic mass is 15.2. The van der Waals surface area contributed by atoms with Crippen molar-refractivity contribution in [2.24, 2.45) is 5.73 Å². The van der Waals surface area contributed by atoms with Crippen molar-refractivity contribution in [3.05, 3.63) is 48.0 Å². The molecule has 0 heterocycles. The van der Waals surface area contributed by atoms with Crippen LogP contribution in [0.5, 0.6) is 0 Å². The Hall–Kier alpha value is -1.38. The fourth-order valence-corrected chi connectivity index (χ4v) is 2.37. The van der Waals surface area contributed by atoms with E-state index >= 15 is 0 Å².